The summed E-state index contributed by atoms with van der Waals surface area (Å²) in [4.78, 5) is 26.5. The van der Waals surface area contributed by atoms with E-state index in [9.17, 15) is 14.0 Å². The Morgan fingerprint density at radius 2 is 2.32 bits per heavy atom. The second-order valence-electron chi connectivity index (χ2n) is 3.53. The van der Waals surface area contributed by atoms with Crippen molar-refractivity contribution in [3.05, 3.63) is 35.4 Å². The fourth-order valence-electron chi connectivity index (χ4n) is 1.56. The molecule has 0 saturated heterocycles. The van der Waals surface area contributed by atoms with E-state index in [1.807, 2.05) is 0 Å². The van der Waals surface area contributed by atoms with E-state index < -0.39 is 11.8 Å². The number of hydrogen-bond acceptors (Lipinski definition) is 5. The summed E-state index contributed by atoms with van der Waals surface area (Å²) < 4.78 is 18.4. The minimum absolute atomic E-state index is 0.0175. The van der Waals surface area contributed by atoms with Gasteiger partial charge in [0, 0.05) is 6.20 Å². The van der Waals surface area contributed by atoms with E-state index in [1.165, 1.54) is 18.3 Å². The predicted octanol–water partition coefficient (Wildman–Crippen LogP) is 1.60. The van der Waals surface area contributed by atoms with Gasteiger partial charge in [-0.1, -0.05) is 0 Å². The maximum absolute atomic E-state index is 13.6. The Morgan fingerprint density at radius 1 is 1.53 bits per heavy atom. The number of carbonyl (C=O) groups is 2. The molecule has 0 bridgehead atoms. The summed E-state index contributed by atoms with van der Waals surface area (Å²) >= 11 is 0. The molecule has 0 aromatic carbocycles. The number of carbonyl (C=O) groups excluding carboxylic acids is 2. The highest BCUT2D eigenvalue weighted by molar-refractivity contribution is 6.00. The van der Waals surface area contributed by atoms with Crippen molar-refractivity contribution in [1.29, 1.82) is 0 Å². The van der Waals surface area contributed by atoms with Gasteiger partial charge in [-0.05, 0) is 19.1 Å². The normalized spacial score (nSPS) is 10.2. The maximum Gasteiger partial charge on any atom is 0.357 e. The first-order valence-electron chi connectivity index (χ1n) is 5.50. The lowest BCUT2D eigenvalue weighted by Crippen LogP contribution is -2.07. The van der Waals surface area contributed by atoms with Crippen molar-refractivity contribution in [2.75, 3.05) is 6.61 Å². The van der Waals surface area contributed by atoms with Crippen molar-refractivity contribution < 1.29 is 18.7 Å². The number of halogens is 1. The first-order valence-corrected chi connectivity index (χ1v) is 5.50. The fraction of sp³-hybridized carbons (Fsp3) is 0.167. The van der Waals surface area contributed by atoms with Crippen LogP contribution in [-0.2, 0) is 4.74 Å². The molecule has 2 aromatic rings. The van der Waals surface area contributed by atoms with Gasteiger partial charge < -0.3 is 4.74 Å². The number of ether oxygens (including phenoxy) is 1. The molecule has 0 saturated carbocycles. The Morgan fingerprint density at radius 3 is 2.95 bits per heavy atom. The molecule has 2 heterocycles. The van der Waals surface area contributed by atoms with Crippen LogP contribution in [-0.4, -0.2) is 34.0 Å². The Kier molecular flexibility index (Phi) is 3.65. The summed E-state index contributed by atoms with van der Waals surface area (Å²) in [5.41, 5.74) is -0.305. The van der Waals surface area contributed by atoms with Crippen molar-refractivity contribution in [1.82, 2.24) is 15.2 Å². The van der Waals surface area contributed by atoms with Crippen LogP contribution in [0.1, 0.15) is 27.8 Å². The average molecular weight is 263 g/mol. The molecule has 7 heteroatoms. The number of aromatic amines is 1. The summed E-state index contributed by atoms with van der Waals surface area (Å²) in [6, 6.07) is 2.61. The van der Waals surface area contributed by atoms with Gasteiger partial charge in [0.25, 0.3) is 0 Å². The van der Waals surface area contributed by atoms with E-state index in [2.05, 4.69) is 15.2 Å². The first-order chi connectivity index (χ1) is 9.19. The Balaban J connectivity index is 2.52. The van der Waals surface area contributed by atoms with Crippen LogP contribution in [0.25, 0.3) is 11.4 Å². The lowest BCUT2D eigenvalue weighted by molar-refractivity contribution is 0.0517. The smallest absolute Gasteiger partial charge is 0.357 e. The second kappa shape index (κ2) is 5.38. The van der Waals surface area contributed by atoms with Crippen LogP contribution in [0.15, 0.2) is 18.3 Å². The number of nitrogens with one attached hydrogen (secondary N) is 1. The summed E-state index contributed by atoms with van der Waals surface area (Å²) in [5.74, 6) is -1.35. The number of H-pyrrole nitrogens is 1. The number of nitrogens with zero attached hydrogens (tertiary/aromatic N) is 2. The molecule has 0 atom stereocenters. The van der Waals surface area contributed by atoms with E-state index in [4.69, 9.17) is 4.74 Å². The number of esters is 1. The van der Waals surface area contributed by atoms with Gasteiger partial charge in [-0.2, -0.15) is 5.10 Å². The van der Waals surface area contributed by atoms with Crippen molar-refractivity contribution >= 4 is 12.3 Å². The van der Waals surface area contributed by atoms with E-state index in [0.717, 1.165) is 0 Å². The number of aromatic nitrogens is 3. The largest absolute Gasteiger partial charge is 0.461 e. The van der Waals surface area contributed by atoms with Gasteiger partial charge in [-0.15, -0.1) is 0 Å². The van der Waals surface area contributed by atoms with Gasteiger partial charge in [0.15, 0.2) is 17.8 Å². The summed E-state index contributed by atoms with van der Waals surface area (Å²) in [7, 11) is 0. The van der Waals surface area contributed by atoms with Gasteiger partial charge in [-0.3, -0.25) is 14.9 Å². The molecule has 6 nitrogen and oxygen atoms in total. The molecule has 19 heavy (non-hydrogen) atoms. The topological polar surface area (TPSA) is 84.9 Å². The highest BCUT2D eigenvalue weighted by Gasteiger charge is 2.23. The van der Waals surface area contributed by atoms with Crippen LogP contribution in [0.4, 0.5) is 4.39 Å². The Bertz CT molecular complexity index is 624. The third kappa shape index (κ3) is 2.35. The third-order valence-corrected chi connectivity index (χ3v) is 2.38. The van der Waals surface area contributed by atoms with Gasteiger partial charge in [0.1, 0.15) is 11.4 Å². The minimum atomic E-state index is -0.723. The lowest BCUT2D eigenvalue weighted by Gasteiger charge is -2.00. The monoisotopic (exact) mass is 263 g/mol. The van der Waals surface area contributed by atoms with E-state index in [1.54, 1.807) is 6.92 Å². The van der Waals surface area contributed by atoms with Crippen LogP contribution in [0.5, 0.6) is 0 Å². The highest BCUT2D eigenvalue weighted by atomic mass is 19.1. The highest BCUT2D eigenvalue weighted by Crippen LogP contribution is 2.23. The molecule has 0 radical (unpaired) electrons. The van der Waals surface area contributed by atoms with E-state index in [0.29, 0.717) is 6.29 Å². The molecule has 0 aliphatic carbocycles. The molecule has 0 spiro atoms. The van der Waals surface area contributed by atoms with Crippen molar-refractivity contribution in [3.63, 3.8) is 0 Å². The average Bonchev–Trinajstić information content (AvgIpc) is 2.83. The first kappa shape index (κ1) is 12.9. The lowest BCUT2D eigenvalue weighted by atomic mass is 10.1. The van der Waals surface area contributed by atoms with Crippen LogP contribution in [0.2, 0.25) is 0 Å². The fourth-order valence-corrected chi connectivity index (χ4v) is 1.56. The van der Waals surface area contributed by atoms with E-state index >= 15 is 0 Å². The zero-order valence-electron chi connectivity index (χ0n) is 10.0. The number of hydrogen-bond donors (Lipinski definition) is 1. The van der Waals surface area contributed by atoms with Gasteiger partial charge in [-0.25, -0.2) is 9.18 Å². The molecule has 1 N–H and O–H groups in total. The summed E-state index contributed by atoms with van der Waals surface area (Å²) in [6.45, 7) is 1.79. The minimum Gasteiger partial charge on any atom is -0.461 e. The van der Waals surface area contributed by atoms with Crippen molar-refractivity contribution in [2.45, 2.75) is 6.92 Å². The van der Waals surface area contributed by atoms with Crippen molar-refractivity contribution in [2.24, 2.45) is 0 Å². The molecule has 2 aromatic heterocycles. The molecule has 0 amide bonds. The van der Waals surface area contributed by atoms with Gasteiger partial charge >= 0.3 is 5.97 Å². The molecule has 98 valence electrons. The Hall–Kier alpha value is -2.57. The second-order valence-corrected chi connectivity index (χ2v) is 3.53. The van der Waals surface area contributed by atoms with Crippen molar-refractivity contribution in [3.8, 4) is 11.4 Å². The van der Waals surface area contributed by atoms with Crippen LogP contribution in [0, 0.1) is 5.82 Å². The predicted molar refractivity (Wildman–Crippen MR) is 63.1 cm³/mol. The molecule has 0 aliphatic rings. The van der Waals surface area contributed by atoms with Crippen LogP contribution in [0.3, 0.4) is 0 Å². The molecular formula is C12H10FN3O3. The number of aldehydes is 1. The quantitative estimate of drug-likeness (QED) is 0.669. The molecular weight excluding hydrogens is 253 g/mol. The zero-order chi connectivity index (χ0) is 13.8. The number of pyridine rings is 1. The molecule has 2 rings (SSSR count). The van der Waals surface area contributed by atoms with E-state index in [-0.39, 0.29) is 29.3 Å². The summed E-state index contributed by atoms with van der Waals surface area (Å²) in [6.07, 6.45) is 1.78. The SMILES string of the molecule is CCOC(=O)c1[nH]nc(-c2ncccc2F)c1C=O. The number of rotatable bonds is 4. The van der Waals surface area contributed by atoms with Gasteiger partial charge in [0.05, 0.1) is 12.2 Å². The van der Waals surface area contributed by atoms with Gasteiger partial charge in [0.2, 0.25) is 0 Å². The molecule has 0 aliphatic heterocycles. The molecule has 0 unspecified atom stereocenters. The van der Waals surface area contributed by atoms with Crippen LogP contribution < -0.4 is 0 Å². The Labute approximate surface area is 107 Å². The summed E-state index contributed by atoms with van der Waals surface area (Å²) in [5, 5.41) is 6.13. The van der Waals surface area contributed by atoms with Crippen LogP contribution >= 0.6 is 0 Å². The zero-order valence-corrected chi connectivity index (χ0v) is 10.0. The third-order valence-electron chi connectivity index (χ3n) is 2.38. The maximum atomic E-state index is 13.6. The molecule has 0 fully saturated rings. The standard InChI is InChI=1S/C12H10FN3O3/c1-2-19-12(18)10-7(6-17)9(15-16-10)11-8(13)4-3-5-14-11/h3-6H,2H2,1H3,(H,15,16).